The fourth-order valence-corrected chi connectivity index (χ4v) is 2.30. The maximum absolute atomic E-state index is 5.40. The molecule has 0 aliphatic rings. The van der Waals surface area contributed by atoms with Crippen molar-refractivity contribution in [3.8, 4) is 0 Å². The van der Waals surface area contributed by atoms with Crippen LogP contribution in [0.5, 0.6) is 0 Å². The van der Waals surface area contributed by atoms with Crippen molar-refractivity contribution in [3.05, 3.63) is 41.7 Å². The Bertz CT molecular complexity index is 563. The second-order valence-electron chi connectivity index (χ2n) is 5.13. The maximum Gasteiger partial charge on any atom is 0.207 e. The Morgan fingerprint density at radius 1 is 1.29 bits per heavy atom. The summed E-state index contributed by atoms with van der Waals surface area (Å²) in [7, 11) is 0. The number of imidazole rings is 1. The van der Waals surface area contributed by atoms with Crippen LogP contribution in [0.3, 0.4) is 0 Å². The van der Waals surface area contributed by atoms with Crippen LogP contribution in [-0.2, 0) is 17.7 Å². The minimum Gasteiger partial charge on any atom is -0.382 e. The number of anilines is 2. The highest BCUT2D eigenvalue weighted by molar-refractivity contribution is 5.55. The minimum atomic E-state index is 0.776. The summed E-state index contributed by atoms with van der Waals surface area (Å²) < 4.78 is 7.56. The molecule has 0 spiro atoms. The van der Waals surface area contributed by atoms with Gasteiger partial charge in [0.15, 0.2) is 0 Å². The molecule has 114 valence electrons. The molecule has 0 atom stereocenters. The molecule has 1 heterocycles. The molecule has 0 aliphatic carbocycles. The molecule has 0 bridgehead atoms. The Morgan fingerprint density at radius 2 is 2.14 bits per heavy atom. The summed E-state index contributed by atoms with van der Waals surface area (Å²) in [4.78, 5) is 4.57. The first kappa shape index (κ1) is 15.6. The van der Waals surface area contributed by atoms with Crippen molar-refractivity contribution < 1.29 is 4.74 Å². The van der Waals surface area contributed by atoms with E-state index in [9.17, 15) is 0 Å². The lowest BCUT2D eigenvalue weighted by Crippen LogP contribution is -2.06. The largest absolute Gasteiger partial charge is 0.382 e. The Hall–Kier alpha value is -1.81. The summed E-state index contributed by atoms with van der Waals surface area (Å²) >= 11 is 0. The Labute approximate surface area is 127 Å². The third-order valence-corrected chi connectivity index (χ3v) is 3.38. The van der Waals surface area contributed by atoms with Crippen molar-refractivity contribution >= 4 is 11.6 Å². The summed E-state index contributed by atoms with van der Waals surface area (Å²) in [6.07, 6.45) is 4.11. The van der Waals surface area contributed by atoms with Gasteiger partial charge in [-0.2, -0.15) is 0 Å². The quantitative estimate of drug-likeness (QED) is 0.748. The van der Waals surface area contributed by atoms with Crippen LogP contribution in [0, 0.1) is 6.92 Å². The van der Waals surface area contributed by atoms with Gasteiger partial charge in [-0.25, -0.2) is 4.98 Å². The maximum atomic E-state index is 5.40. The number of ether oxygens (including phenoxy) is 1. The molecule has 1 aromatic heterocycles. The smallest absolute Gasteiger partial charge is 0.207 e. The lowest BCUT2D eigenvalue weighted by molar-refractivity contribution is 0.142. The molecule has 0 unspecified atom stereocenters. The van der Waals surface area contributed by atoms with E-state index in [1.54, 1.807) is 0 Å². The van der Waals surface area contributed by atoms with E-state index >= 15 is 0 Å². The van der Waals surface area contributed by atoms with Crippen LogP contribution in [0.15, 0.2) is 30.5 Å². The number of aromatic nitrogens is 2. The van der Waals surface area contributed by atoms with E-state index < -0.39 is 0 Å². The fourth-order valence-electron chi connectivity index (χ4n) is 2.30. The predicted molar refractivity (Wildman–Crippen MR) is 87.2 cm³/mol. The van der Waals surface area contributed by atoms with Crippen molar-refractivity contribution in [2.75, 3.05) is 18.5 Å². The predicted octanol–water partition coefficient (Wildman–Crippen LogP) is 3.92. The average molecular weight is 287 g/mol. The van der Waals surface area contributed by atoms with Gasteiger partial charge in [0.05, 0.1) is 5.69 Å². The first-order chi connectivity index (χ1) is 10.2. The molecule has 4 nitrogen and oxygen atoms in total. The monoisotopic (exact) mass is 287 g/mol. The normalized spacial score (nSPS) is 10.8. The van der Waals surface area contributed by atoms with Crippen LogP contribution < -0.4 is 5.32 Å². The van der Waals surface area contributed by atoms with E-state index in [1.165, 1.54) is 5.56 Å². The molecule has 0 saturated carbocycles. The summed E-state index contributed by atoms with van der Waals surface area (Å²) in [6, 6.07) is 8.48. The van der Waals surface area contributed by atoms with Gasteiger partial charge >= 0.3 is 0 Å². The van der Waals surface area contributed by atoms with Crippen LogP contribution in [0.1, 0.15) is 31.5 Å². The van der Waals surface area contributed by atoms with Crippen molar-refractivity contribution in [3.63, 3.8) is 0 Å². The van der Waals surface area contributed by atoms with E-state index in [2.05, 4.69) is 52.3 Å². The zero-order chi connectivity index (χ0) is 15.1. The molecule has 0 aliphatic heterocycles. The number of nitrogens with one attached hydrogen (secondary N) is 1. The van der Waals surface area contributed by atoms with Gasteiger partial charge in [-0.05, 0) is 44.4 Å². The molecule has 0 amide bonds. The molecule has 0 fully saturated rings. The summed E-state index contributed by atoms with van der Waals surface area (Å²) in [5.74, 6) is 0.900. The second-order valence-corrected chi connectivity index (χ2v) is 5.13. The van der Waals surface area contributed by atoms with Crippen molar-refractivity contribution in [1.82, 2.24) is 9.55 Å². The van der Waals surface area contributed by atoms with Crippen LogP contribution >= 0.6 is 0 Å². The van der Waals surface area contributed by atoms with Gasteiger partial charge < -0.3 is 14.6 Å². The molecular weight excluding hydrogens is 262 g/mol. The van der Waals surface area contributed by atoms with Gasteiger partial charge in [-0.3, -0.25) is 0 Å². The van der Waals surface area contributed by atoms with Gasteiger partial charge in [-0.15, -0.1) is 0 Å². The first-order valence-electron chi connectivity index (χ1n) is 7.70. The molecule has 2 rings (SSSR count). The van der Waals surface area contributed by atoms with Crippen molar-refractivity contribution in [2.45, 2.75) is 40.2 Å². The van der Waals surface area contributed by atoms with Gasteiger partial charge in [0.25, 0.3) is 0 Å². The molecule has 0 radical (unpaired) electrons. The first-order valence-corrected chi connectivity index (χ1v) is 7.70. The summed E-state index contributed by atoms with van der Waals surface area (Å²) in [5, 5.41) is 3.42. The molecule has 21 heavy (non-hydrogen) atoms. The Kier molecular flexibility index (Phi) is 5.81. The van der Waals surface area contributed by atoms with Crippen molar-refractivity contribution in [2.24, 2.45) is 0 Å². The molecule has 1 aromatic carbocycles. The van der Waals surface area contributed by atoms with Crippen molar-refractivity contribution in [1.29, 1.82) is 0 Å². The molecule has 4 heteroatoms. The molecular formula is C17H25N3O. The van der Waals surface area contributed by atoms with Gasteiger partial charge in [-0.1, -0.05) is 19.1 Å². The third-order valence-electron chi connectivity index (χ3n) is 3.38. The van der Waals surface area contributed by atoms with Gasteiger partial charge in [0, 0.05) is 31.6 Å². The summed E-state index contributed by atoms with van der Waals surface area (Å²) in [6.45, 7) is 8.69. The minimum absolute atomic E-state index is 0.776. The highest BCUT2D eigenvalue weighted by atomic mass is 16.5. The average Bonchev–Trinajstić information content (AvgIpc) is 2.83. The summed E-state index contributed by atoms with van der Waals surface area (Å²) in [5.41, 5.74) is 3.44. The van der Waals surface area contributed by atoms with E-state index in [4.69, 9.17) is 4.74 Å². The Morgan fingerprint density at radius 3 is 2.90 bits per heavy atom. The Balaban J connectivity index is 2.04. The van der Waals surface area contributed by atoms with E-state index in [-0.39, 0.29) is 0 Å². The third kappa shape index (κ3) is 4.60. The van der Waals surface area contributed by atoms with Gasteiger partial charge in [0.1, 0.15) is 0 Å². The van der Waals surface area contributed by atoms with Gasteiger partial charge in [0.2, 0.25) is 5.95 Å². The zero-order valence-electron chi connectivity index (χ0n) is 13.2. The lowest BCUT2D eigenvalue weighted by Gasteiger charge is -2.10. The molecule has 0 saturated heterocycles. The lowest BCUT2D eigenvalue weighted by atomic mass is 10.1. The van der Waals surface area contributed by atoms with Crippen LogP contribution in [0.25, 0.3) is 0 Å². The van der Waals surface area contributed by atoms with Crippen LogP contribution in [0.4, 0.5) is 11.6 Å². The molecule has 1 N–H and O–H groups in total. The number of hydrogen-bond acceptors (Lipinski definition) is 3. The fraction of sp³-hybridized carbons (Fsp3) is 0.471. The highest BCUT2D eigenvalue weighted by Crippen LogP contribution is 2.18. The standard InChI is InChI=1S/C17H25N3O/c1-4-15-8-6-9-16(12-15)19-17-18-14(3)13-20(17)10-7-11-21-5-2/h6,8-9,12-13H,4-5,7,10-11H2,1-3H3,(H,18,19). The number of nitrogens with zero attached hydrogens (tertiary/aromatic N) is 2. The van der Waals surface area contributed by atoms with E-state index in [0.717, 1.165) is 49.9 Å². The zero-order valence-corrected chi connectivity index (χ0v) is 13.2. The van der Waals surface area contributed by atoms with Crippen LogP contribution in [-0.4, -0.2) is 22.8 Å². The number of hydrogen-bond donors (Lipinski definition) is 1. The molecule has 2 aromatic rings. The van der Waals surface area contributed by atoms with E-state index in [1.807, 2.05) is 13.8 Å². The SMILES string of the molecule is CCOCCCn1cc(C)nc1Nc1cccc(CC)c1. The number of benzene rings is 1. The van der Waals surface area contributed by atoms with E-state index in [0.29, 0.717) is 0 Å². The number of aryl methyl sites for hydroxylation is 3. The van der Waals surface area contributed by atoms with Crippen LogP contribution in [0.2, 0.25) is 0 Å². The second kappa shape index (κ2) is 7.84. The topological polar surface area (TPSA) is 39.1 Å². The number of rotatable bonds is 8. The highest BCUT2D eigenvalue weighted by Gasteiger charge is 2.06.